The van der Waals surface area contributed by atoms with Crippen LogP contribution < -0.4 is 5.43 Å². The van der Waals surface area contributed by atoms with Crippen molar-refractivity contribution in [1.29, 1.82) is 10.5 Å². The minimum atomic E-state index is -0.277. The van der Waals surface area contributed by atoms with E-state index in [1.165, 1.54) is 0 Å². The minimum absolute atomic E-state index is 0.277. The normalized spacial score (nSPS) is 9.58. The number of hydrogen-bond acceptors (Lipinski definition) is 7. The fourth-order valence-electron chi connectivity index (χ4n) is 2.00. The average molecular weight is 314 g/mol. The van der Waals surface area contributed by atoms with E-state index in [4.69, 9.17) is 15.0 Å². The quantitative estimate of drug-likeness (QED) is 0.584. The molecule has 0 aliphatic carbocycles. The molecule has 1 aromatic heterocycles. The number of nitriles is 2. The van der Waals surface area contributed by atoms with Crippen LogP contribution in [-0.2, 0) is 0 Å². The summed E-state index contributed by atoms with van der Waals surface area (Å²) in [5, 5.41) is 25.2. The summed E-state index contributed by atoms with van der Waals surface area (Å²) in [4.78, 5) is 4.38. The molecule has 0 aliphatic rings. The van der Waals surface area contributed by atoms with E-state index in [9.17, 15) is 0 Å². The second-order valence-corrected chi connectivity index (χ2v) is 4.63. The van der Waals surface area contributed by atoms with E-state index in [2.05, 4.69) is 20.7 Å². The second-order valence-electron chi connectivity index (χ2n) is 4.63. The number of hydrogen-bond donors (Lipinski definition) is 1. The second kappa shape index (κ2) is 6.86. The lowest BCUT2D eigenvalue weighted by Crippen LogP contribution is -1.97. The Morgan fingerprint density at radius 1 is 1.00 bits per heavy atom. The van der Waals surface area contributed by atoms with Crippen molar-refractivity contribution in [3.8, 4) is 35.0 Å². The van der Waals surface area contributed by atoms with Crippen LogP contribution in [-0.4, -0.2) is 15.9 Å². The summed E-state index contributed by atoms with van der Waals surface area (Å²) >= 11 is 0. The van der Waals surface area contributed by atoms with E-state index >= 15 is 0 Å². The maximum Gasteiger partial charge on any atom is 0.260 e. The van der Waals surface area contributed by atoms with Gasteiger partial charge in [-0.2, -0.15) is 20.6 Å². The standard InChI is InChI=1S/C17H10N6O/c18-10-13(11-19)21-22-15-9-5-4-8-14(15)17-20-16(23-24-17)12-6-2-1-3-7-12/h1-9,22H. The largest absolute Gasteiger partial charge is 0.334 e. The van der Waals surface area contributed by atoms with Gasteiger partial charge < -0.3 is 4.52 Å². The Morgan fingerprint density at radius 2 is 1.71 bits per heavy atom. The summed E-state index contributed by atoms with van der Waals surface area (Å²) in [5.74, 6) is 0.779. The third kappa shape index (κ3) is 3.11. The molecule has 3 rings (SSSR count). The SMILES string of the molecule is N#CC(C#N)=NNc1ccccc1-c1nc(-c2ccccc2)no1. The van der Waals surface area contributed by atoms with E-state index in [1.54, 1.807) is 30.3 Å². The van der Waals surface area contributed by atoms with Crippen LogP contribution in [0.3, 0.4) is 0 Å². The first-order chi connectivity index (χ1) is 11.8. The highest BCUT2D eigenvalue weighted by molar-refractivity contribution is 6.10. The molecule has 0 atom stereocenters. The first kappa shape index (κ1) is 14.9. The number of rotatable bonds is 4. The Bertz CT molecular complexity index is 946. The van der Waals surface area contributed by atoms with Crippen LogP contribution in [0.4, 0.5) is 5.69 Å². The van der Waals surface area contributed by atoms with Gasteiger partial charge in [-0.1, -0.05) is 47.6 Å². The van der Waals surface area contributed by atoms with Gasteiger partial charge in [0.2, 0.25) is 11.5 Å². The van der Waals surface area contributed by atoms with Crippen molar-refractivity contribution in [2.24, 2.45) is 5.10 Å². The molecule has 0 spiro atoms. The molecule has 0 aliphatic heterocycles. The van der Waals surface area contributed by atoms with E-state index < -0.39 is 0 Å². The molecule has 7 heteroatoms. The van der Waals surface area contributed by atoms with E-state index in [0.717, 1.165) is 5.56 Å². The highest BCUT2D eigenvalue weighted by Crippen LogP contribution is 2.28. The number of nitrogens with zero attached hydrogens (tertiary/aromatic N) is 5. The summed E-state index contributed by atoms with van der Waals surface area (Å²) in [6.45, 7) is 0. The van der Waals surface area contributed by atoms with Crippen molar-refractivity contribution < 1.29 is 4.52 Å². The summed E-state index contributed by atoms with van der Waals surface area (Å²) in [6.07, 6.45) is 0. The summed E-state index contributed by atoms with van der Waals surface area (Å²) < 4.78 is 5.33. The number of nitrogens with one attached hydrogen (secondary N) is 1. The van der Waals surface area contributed by atoms with Crippen LogP contribution in [0.15, 0.2) is 64.2 Å². The van der Waals surface area contributed by atoms with Crippen LogP contribution >= 0.6 is 0 Å². The van der Waals surface area contributed by atoms with E-state index in [0.29, 0.717) is 23.0 Å². The molecule has 1 N–H and O–H groups in total. The zero-order valence-electron chi connectivity index (χ0n) is 12.3. The molecule has 0 unspecified atom stereocenters. The molecule has 24 heavy (non-hydrogen) atoms. The zero-order chi connectivity index (χ0) is 16.8. The molecule has 1 heterocycles. The van der Waals surface area contributed by atoms with Gasteiger partial charge in [0.1, 0.15) is 12.1 Å². The van der Waals surface area contributed by atoms with Crippen molar-refractivity contribution in [1.82, 2.24) is 10.1 Å². The Labute approximate surface area is 137 Å². The van der Waals surface area contributed by atoms with Gasteiger partial charge in [0.15, 0.2) is 0 Å². The summed E-state index contributed by atoms with van der Waals surface area (Å²) in [5.41, 5.74) is 4.40. The van der Waals surface area contributed by atoms with Crippen molar-refractivity contribution >= 4 is 11.4 Å². The monoisotopic (exact) mass is 314 g/mol. The minimum Gasteiger partial charge on any atom is -0.334 e. The molecule has 0 bridgehead atoms. The number of para-hydroxylation sites is 1. The molecular formula is C17H10N6O. The third-order valence-electron chi connectivity index (χ3n) is 3.12. The van der Waals surface area contributed by atoms with Crippen LogP contribution in [0.5, 0.6) is 0 Å². The smallest absolute Gasteiger partial charge is 0.260 e. The molecule has 0 radical (unpaired) electrons. The van der Waals surface area contributed by atoms with Gasteiger partial charge in [0.05, 0.1) is 11.3 Å². The average Bonchev–Trinajstić information content (AvgIpc) is 3.14. The molecule has 0 saturated carbocycles. The maximum absolute atomic E-state index is 8.74. The third-order valence-corrected chi connectivity index (χ3v) is 3.12. The summed E-state index contributed by atoms with van der Waals surface area (Å²) in [6, 6.07) is 19.9. The van der Waals surface area contributed by atoms with E-state index in [1.807, 2.05) is 36.4 Å². The van der Waals surface area contributed by atoms with Crippen LogP contribution in [0, 0.1) is 22.7 Å². The van der Waals surface area contributed by atoms with Gasteiger partial charge in [-0.15, -0.1) is 0 Å². The summed E-state index contributed by atoms with van der Waals surface area (Å²) in [7, 11) is 0. The topological polar surface area (TPSA) is 111 Å². The Kier molecular flexibility index (Phi) is 4.27. The predicted molar refractivity (Wildman–Crippen MR) is 87.5 cm³/mol. The molecule has 3 aromatic rings. The molecular weight excluding hydrogens is 304 g/mol. The highest BCUT2D eigenvalue weighted by atomic mass is 16.5. The van der Waals surface area contributed by atoms with Gasteiger partial charge >= 0.3 is 0 Å². The van der Waals surface area contributed by atoms with Crippen molar-refractivity contribution in [3.05, 3.63) is 54.6 Å². The Morgan fingerprint density at radius 3 is 2.46 bits per heavy atom. The Hall–Kier alpha value is -3.97. The van der Waals surface area contributed by atoms with Crippen LogP contribution in [0.1, 0.15) is 0 Å². The molecule has 114 valence electrons. The lowest BCUT2D eigenvalue weighted by molar-refractivity contribution is 0.432. The molecule has 0 fully saturated rings. The lowest BCUT2D eigenvalue weighted by Gasteiger charge is -2.04. The van der Waals surface area contributed by atoms with Gasteiger partial charge in [-0.3, -0.25) is 5.43 Å². The molecule has 0 amide bonds. The number of anilines is 1. The maximum atomic E-state index is 8.74. The number of hydrazone groups is 1. The fraction of sp³-hybridized carbons (Fsp3) is 0. The van der Waals surface area contributed by atoms with Crippen molar-refractivity contribution in [3.63, 3.8) is 0 Å². The van der Waals surface area contributed by atoms with Crippen molar-refractivity contribution in [2.75, 3.05) is 5.43 Å². The van der Waals surface area contributed by atoms with Gasteiger partial charge in [0.25, 0.3) is 5.89 Å². The zero-order valence-corrected chi connectivity index (χ0v) is 12.3. The van der Waals surface area contributed by atoms with E-state index in [-0.39, 0.29) is 5.71 Å². The molecule has 7 nitrogen and oxygen atoms in total. The molecule has 2 aromatic carbocycles. The van der Waals surface area contributed by atoms with Crippen LogP contribution in [0.25, 0.3) is 22.8 Å². The van der Waals surface area contributed by atoms with Gasteiger partial charge in [-0.25, -0.2) is 0 Å². The fourth-order valence-corrected chi connectivity index (χ4v) is 2.00. The van der Waals surface area contributed by atoms with Crippen molar-refractivity contribution in [2.45, 2.75) is 0 Å². The Balaban J connectivity index is 1.94. The first-order valence-corrected chi connectivity index (χ1v) is 6.94. The number of benzene rings is 2. The lowest BCUT2D eigenvalue weighted by atomic mass is 10.2. The van der Waals surface area contributed by atoms with Gasteiger partial charge in [-0.05, 0) is 12.1 Å². The van der Waals surface area contributed by atoms with Crippen LogP contribution in [0.2, 0.25) is 0 Å². The first-order valence-electron chi connectivity index (χ1n) is 6.94. The van der Waals surface area contributed by atoms with Gasteiger partial charge in [0, 0.05) is 5.56 Å². The number of aromatic nitrogens is 2. The molecule has 0 saturated heterocycles. The predicted octanol–water partition coefficient (Wildman–Crippen LogP) is 3.22. The highest BCUT2D eigenvalue weighted by Gasteiger charge is 2.13.